The monoisotopic (exact) mass is 271 g/mol. The zero-order valence-electron chi connectivity index (χ0n) is 13.0. The first-order valence-electron chi connectivity index (χ1n) is 7.54. The Balaban J connectivity index is 2.38. The highest BCUT2D eigenvalue weighted by Crippen LogP contribution is 2.30. The first-order valence-corrected chi connectivity index (χ1v) is 7.54. The van der Waals surface area contributed by atoms with Crippen LogP contribution >= 0.6 is 0 Å². The molecule has 0 aliphatic carbocycles. The average Bonchev–Trinajstić information content (AvgIpc) is 2.85. The van der Waals surface area contributed by atoms with Crippen LogP contribution < -0.4 is 5.32 Å². The van der Waals surface area contributed by atoms with Gasteiger partial charge in [-0.3, -0.25) is 4.68 Å². The van der Waals surface area contributed by atoms with Crippen LogP contribution in [0, 0.1) is 6.92 Å². The number of hydrogen-bond donors (Lipinski definition) is 1. The van der Waals surface area contributed by atoms with Gasteiger partial charge in [-0.05, 0) is 44.9 Å². The second-order valence-electron chi connectivity index (χ2n) is 5.25. The molecule has 0 fully saturated rings. The average molecular weight is 271 g/mol. The number of nitrogens with one attached hydrogen (secondary N) is 1. The molecule has 1 aromatic carbocycles. The lowest BCUT2D eigenvalue weighted by Gasteiger charge is -2.17. The van der Waals surface area contributed by atoms with Crippen molar-refractivity contribution in [1.29, 1.82) is 0 Å². The van der Waals surface area contributed by atoms with Crippen molar-refractivity contribution in [3.8, 4) is 11.1 Å². The lowest BCUT2D eigenvalue weighted by Crippen LogP contribution is -2.19. The maximum atomic E-state index is 4.56. The predicted molar refractivity (Wildman–Crippen MR) is 84.8 cm³/mol. The molecule has 2 aromatic rings. The fraction of sp³-hybridized carbons (Fsp3) is 0.471. The minimum atomic E-state index is 0.357. The Morgan fingerprint density at radius 3 is 2.60 bits per heavy atom. The molecular formula is C17H25N3. The molecule has 3 heteroatoms. The molecule has 0 radical (unpaired) electrons. The Hall–Kier alpha value is -1.61. The fourth-order valence-electron chi connectivity index (χ4n) is 2.53. The summed E-state index contributed by atoms with van der Waals surface area (Å²) in [4.78, 5) is 0. The van der Waals surface area contributed by atoms with Crippen molar-refractivity contribution >= 4 is 0 Å². The molecule has 3 nitrogen and oxygen atoms in total. The highest BCUT2D eigenvalue weighted by Gasteiger charge is 2.14. The summed E-state index contributed by atoms with van der Waals surface area (Å²) in [6, 6.07) is 8.99. The van der Waals surface area contributed by atoms with E-state index in [9.17, 15) is 0 Å². The standard InChI is InChI=1S/C17H25N3/c1-5-11-18-13(3)15-9-7-8-10-16(15)17-12-20(6-2)19-14(17)4/h7-10,12-13,18H,5-6,11H2,1-4H3. The summed E-state index contributed by atoms with van der Waals surface area (Å²) in [5.74, 6) is 0. The lowest BCUT2D eigenvalue weighted by atomic mass is 9.96. The molecule has 108 valence electrons. The Bertz CT molecular complexity index is 557. The maximum absolute atomic E-state index is 4.56. The summed E-state index contributed by atoms with van der Waals surface area (Å²) in [7, 11) is 0. The van der Waals surface area contributed by atoms with E-state index in [0.717, 1.165) is 25.2 Å². The fourth-order valence-corrected chi connectivity index (χ4v) is 2.53. The first kappa shape index (κ1) is 14.8. The number of hydrogen-bond acceptors (Lipinski definition) is 2. The molecule has 1 aromatic heterocycles. The smallest absolute Gasteiger partial charge is 0.0672 e. The number of aryl methyl sites for hydroxylation is 2. The minimum absolute atomic E-state index is 0.357. The summed E-state index contributed by atoms with van der Waals surface area (Å²) in [6.45, 7) is 10.6. The molecule has 1 unspecified atom stereocenters. The molecule has 0 spiro atoms. The van der Waals surface area contributed by atoms with Gasteiger partial charge in [0, 0.05) is 24.3 Å². The Labute approximate surface area is 122 Å². The summed E-state index contributed by atoms with van der Waals surface area (Å²) in [5.41, 5.74) is 4.98. The van der Waals surface area contributed by atoms with Gasteiger partial charge in [-0.1, -0.05) is 31.2 Å². The second-order valence-corrected chi connectivity index (χ2v) is 5.25. The molecule has 0 bridgehead atoms. The van der Waals surface area contributed by atoms with Gasteiger partial charge in [-0.25, -0.2) is 0 Å². The maximum Gasteiger partial charge on any atom is 0.0672 e. The molecule has 0 amide bonds. The number of rotatable bonds is 6. The van der Waals surface area contributed by atoms with Gasteiger partial charge < -0.3 is 5.32 Å². The third-order valence-electron chi connectivity index (χ3n) is 3.69. The quantitative estimate of drug-likeness (QED) is 0.862. The van der Waals surface area contributed by atoms with Crippen LogP contribution in [0.2, 0.25) is 0 Å². The van der Waals surface area contributed by atoms with Gasteiger partial charge in [0.05, 0.1) is 5.69 Å². The van der Waals surface area contributed by atoms with Crippen LogP contribution in [0.25, 0.3) is 11.1 Å². The van der Waals surface area contributed by atoms with Gasteiger partial charge in [0.15, 0.2) is 0 Å². The largest absolute Gasteiger partial charge is 0.310 e. The van der Waals surface area contributed by atoms with Crippen LogP contribution in [-0.4, -0.2) is 16.3 Å². The molecule has 2 rings (SSSR count). The number of aromatic nitrogens is 2. The zero-order valence-corrected chi connectivity index (χ0v) is 13.0. The topological polar surface area (TPSA) is 29.9 Å². The molecule has 1 N–H and O–H groups in total. The van der Waals surface area contributed by atoms with E-state index in [0.29, 0.717) is 6.04 Å². The SMILES string of the molecule is CCCNC(C)c1ccccc1-c1cn(CC)nc1C. The van der Waals surface area contributed by atoms with Gasteiger partial charge in [0.2, 0.25) is 0 Å². The van der Waals surface area contributed by atoms with E-state index < -0.39 is 0 Å². The summed E-state index contributed by atoms with van der Waals surface area (Å²) < 4.78 is 2.01. The van der Waals surface area contributed by atoms with Crippen molar-refractivity contribution in [2.75, 3.05) is 6.54 Å². The van der Waals surface area contributed by atoms with Crippen molar-refractivity contribution in [2.45, 2.75) is 46.7 Å². The molecule has 1 atom stereocenters. The minimum Gasteiger partial charge on any atom is -0.310 e. The van der Waals surface area contributed by atoms with Crippen LogP contribution in [0.3, 0.4) is 0 Å². The number of nitrogens with zero attached hydrogens (tertiary/aromatic N) is 2. The van der Waals surface area contributed by atoms with Crippen molar-refractivity contribution in [2.24, 2.45) is 0 Å². The van der Waals surface area contributed by atoms with Crippen LogP contribution in [0.1, 0.15) is 44.5 Å². The summed E-state index contributed by atoms with van der Waals surface area (Å²) in [5, 5.41) is 8.14. The lowest BCUT2D eigenvalue weighted by molar-refractivity contribution is 0.571. The molecule has 0 aliphatic rings. The molecule has 20 heavy (non-hydrogen) atoms. The molecule has 1 heterocycles. The van der Waals surface area contributed by atoms with E-state index in [2.05, 4.69) is 68.6 Å². The van der Waals surface area contributed by atoms with Gasteiger partial charge in [-0.15, -0.1) is 0 Å². The third kappa shape index (κ3) is 3.10. The van der Waals surface area contributed by atoms with Gasteiger partial charge in [0.1, 0.15) is 0 Å². The van der Waals surface area contributed by atoms with Crippen molar-refractivity contribution in [3.63, 3.8) is 0 Å². The van der Waals surface area contributed by atoms with E-state index in [1.807, 2.05) is 4.68 Å². The third-order valence-corrected chi connectivity index (χ3v) is 3.69. The normalized spacial score (nSPS) is 12.6. The van der Waals surface area contributed by atoms with Gasteiger partial charge >= 0.3 is 0 Å². The van der Waals surface area contributed by atoms with Crippen LogP contribution in [0.5, 0.6) is 0 Å². The van der Waals surface area contributed by atoms with Crippen molar-refractivity contribution in [3.05, 3.63) is 41.7 Å². The van der Waals surface area contributed by atoms with Gasteiger partial charge in [0.25, 0.3) is 0 Å². The second kappa shape index (κ2) is 6.71. The van der Waals surface area contributed by atoms with Crippen LogP contribution in [-0.2, 0) is 6.54 Å². The van der Waals surface area contributed by atoms with Gasteiger partial charge in [-0.2, -0.15) is 5.10 Å². The van der Waals surface area contributed by atoms with Crippen molar-refractivity contribution in [1.82, 2.24) is 15.1 Å². The van der Waals surface area contributed by atoms with E-state index in [-0.39, 0.29) is 0 Å². The van der Waals surface area contributed by atoms with Crippen LogP contribution in [0.4, 0.5) is 0 Å². The molecular weight excluding hydrogens is 246 g/mol. The zero-order chi connectivity index (χ0) is 14.5. The highest BCUT2D eigenvalue weighted by molar-refractivity contribution is 5.69. The Morgan fingerprint density at radius 1 is 1.20 bits per heavy atom. The van der Waals surface area contributed by atoms with Crippen LogP contribution in [0.15, 0.2) is 30.5 Å². The number of benzene rings is 1. The van der Waals surface area contributed by atoms with E-state index in [1.54, 1.807) is 0 Å². The van der Waals surface area contributed by atoms with E-state index in [1.165, 1.54) is 16.7 Å². The van der Waals surface area contributed by atoms with E-state index >= 15 is 0 Å². The summed E-state index contributed by atoms with van der Waals surface area (Å²) in [6.07, 6.45) is 3.31. The Kier molecular flexibility index (Phi) is 4.96. The Morgan fingerprint density at radius 2 is 1.95 bits per heavy atom. The predicted octanol–water partition coefficient (Wildman–Crippen LogP) is 3.94. The first-order chi connectivity index (χ1) is 9.67. The molecule has 0 saturated carbocycles. The molecule has 0 aliphatic heterocycles. The molecule has 0 saturated heterocycles. The van der Waals surface area contributed by atoms with Crippen molar-refractivity contribution < 1.29 is 0 Å². The highest BCUT2D eigenvalue weighted by atomic mass is 15.3. The summed E-state index contributed by atoms with van der Waals surface area (Å²) >= 11 is 0. The van der Waals surface area contributed by atoms with E-state index in [4.69, 9.17) is 0 Å².